The van der Waals surface area contributed by atoms with Gasteiger partial charge in [-0.3, -0.25) is 9.78 Å². The standard InChI is InChI=1S/C17H17NO2/c1-13(15-9-5-6-12-18-15)20-16(19)17(10-11-17)14-7-3-2-4-8-14/h2-9,12-13H,10-11H2,1H3. The topological polar surface area (TPSA) is 39.2 Å². The van der Waals surface area contributed by atoms with Crippen LogP contribution in [0.25, 0.3) is 0 Å². The van der Waals surface area contributed by atoms with Crippen molar-refractivity contribution in [2.75, 3.05) is 0 Å². The molecule has 1 aliphatic rings. The minimum absolute atomic E-state index is 0.137. The lowest BCUT2D eigenvalue weighted by Gasteiger charge is -2.18. The summed E-state index contributed by atoms with van der Waals surface area (Å²) < 4.78 is 5.62. The molecule has 0 aliphatic heterocycles. The Morgan fingerprint density at radius 1 is 1.15 bits per heavy atom. The second kappa shape index (κ2) is 5.08. The first-order chi connectivity index (χ1) is 9.72. The first-order valence-electron chi connectivity index (χ1n) is 6.90. The Morgan fingerprint density at radius 2 is 1.85 bits per heavy atom. The van der Waals surface area contributed by atoms with Gasteiger partial charge in [-0.1, -0.05) is 36.4 Å². The number of esters is 1. The zero-order valence-corrected chi connectivity index (χ0v) is 11.5. The van der Waals surface area contributed by atoms with E-state index in [-0.39, 0.29) is 12.1 Å². The number of pyridine rings is 1. The van der Waals surface area contributed by atoms with E-state index in [1.165, 1.54) is 0 Å². The molecule has 0 N–H and O–H groups in total. The van der Waals surface area contributed by atoms with Crippen LogP contribution in [0.4, 0.5) is 0 Å². The Kier molecular flexibility index (Phi) is 3.26. The summed E-state index contributed by atoms with van der Waals surface area (Å²) in [7, 11) is 0. The maximum absolute atomic E-state index is 12.5. The minimum atomic E-state index is -0.426. The van der Waals surface area contributed by atoms with Crippen molar-refractivity contribution < 1.29 is 9.53 Å². The minimum Gasteiger partial charge on any atom is -0.455 e. The summed E-state index contributed by atoms with van der Waals surface area (Å²) in [6, 6.07) is 15.5. The maximum Gasteiger partial charge on any atom is 0.317 e. The molecule has 1 unspecified atom stereocenters. The number of ether oxygens (including phenoxy) is 1. The van der Waals surface area contributed by atoms with Gasteiger partial charge >= 0.3 is 5.97 Å². The van der Waals surface area contributed by atoms with Crippen molar-refractivity contribution in [3.63, 3.8) is 0 Å². The zero-order chi connectivity index (χ0) is 14.0. The Labute approximate surface area is 118 Å². The van der Waals surface area contributed by atoms with Crippen molar-refractivity contribution in [2.45, 2.75) is 31.3 Å². The Hall–Kier alpha value is -2.16. The Morgan fingerprint density at radius 3 is 2.45 bits per heavy atom. The van der Waals surface area contributed by atoms with E-state index in [2.05, 4.69) is 4.98 Å². The summed E-state index contributed by atoms with van der Waals surface area (Å²) in [6.45, 7) is 1.86. The molecule has 1 aliphatic carbocycles. The van der Waals surface area contributed by atoms with E-state index < -0.39 is 5.41 Å². The van der Waals surface area contributed by atoms with Gasteiger partial charge in [-0.15, -0.1) is 0 Å². The fourth-order valence-electron chi connectivity index (χ4n) is 2.44. The van der Waals surface area contributed by atoms with Crippen LogP contribution in [0.1, 0.15) is 37.1 Å². The average molecular weight is 267 g/mol. The highest BCUT2D eigenvalue weighted by Gasteiger charge is 2.53. The summed E-state index contributed by atoms with van der Waals surface area (Å²) in [4.78, 5) is 16.7. The number of hydrogen-bond donors (Lipinski definition) is 0. The molecule has 3 rings (SSSR count). The highest BCUT2D eigenvalue weighted by molar-refractivity contribution is 5.86. The third-order valence-electron chi connectivity index (χ3n) is 3.86. The summed E-state index contributed by atoms with van der Waals surface area (Å²) in [5.41, 5.74) is 1.41. The summed E-state index contributed by atoms with van der Waals surface area (Å²) in [5.74, 6) is -0.137. The van der Waals surface area contributed by atoms with Gasteiger partial charge in [0.2, 0.25) is 0 Å². The van der Waals surface area contributed by atoms with Gasteiger partial charge < -0.3 is 4.74 Å². The first-order valence-corrected chi connectivity index (χ1v) is 6.90. The molecule has 20 heavy (non-hydrogen) atoms. The molecule has 1 fully saturated rings. The highest BCUT2D eigenvalue weighted by Crippen LogP contribution is 2.49. The molecule has 0 bridgehead atoms. The molecule has 1 heterocycles. The molecular formula is C17H17NO2. The van der Waals surface area contributed by atoms with Crippen molar-refractivity contribution in [2.24, 2.45) is 0 Å². The summed E-state index contributed by atoms with van der Waals surface area (Å²) >= 11 is 0. The summed E-state index contributed by atoms with van der Waals surface area (Å²) in [5, 5.41) is 0. The number of nitrogens with zero attached hydrogens (tertiary/aromatic N) is 1. The SMILES string of the molecule is CC(OC(=O)C1(c2ccccc2)CC1)c1ccccn1. The highest BCUT2D eigenvalue weighted by atomic mass is 16.5. The monoisotopic (exact) mass is 267 g/mol. The van der Waals surface area contributed by atoms with Gasteiger partial charge in [-0.25, -0.2) is 0 Å². The third-order valence-corrected chi connectivity index (χ3v) is 3.86. The molecule has 0 amide bonds. The van der Waals surface area contributed by atoms with E-state index in [4.69, 9.17) is 4.74 Å². The lowest BCUT2D eigenvalue weighted by atomic mass is 9.96. The van der Waals surface area contributed by atoms with Crippen LogP contribution in [0.3, 0.4) is 0 Å². The molecule has 3 nitrogen and oxygen atoms in total. The molecule has 1 aromatic carbocycles. The Balaban J connectivity index is 1.74. The van der Waals surface area contributed by atoms with Crippen LogP contribution in [0, 0.1) is 0 Å². The van der Waals surface area contributed by atoms with Gasteiger partial charge in [-0.05, 0) is 37.5 Å². The second-order valence-corrected chi connectivity index (χ2v) is 5.25. The van der Waals surface area contributed by atoms with E-state index in [1.54, 1.807) is 6.20 Å². The number of carbonyl (C=O) groups is 1. The third kappa shape index (κ3) is 2.31. The van der Waals surface area contributed by atoms with E-state index in [9.17, 15) is 4.79 Å². The zero-order valence-electron chi connectivity index (χ0n) is 11.5. The average Bonchev–Trinajstić information content (AvgIpc) is 3.31. The predicted octanol–water partition coefficient (Wildman–Crippen LogP) is 3.42. The molecule has 102 valence electrons. The number of hydrogen-bond acceptors (Lipinski definition) is 3. The number of rotatable bonds is 4. The molecule has 3 heteroatoms. The molecule has 1 saturated carbocycles. The molecule has 0 spiro atoms. The van der Waals surface area contributed by atoms with Gasteiger partial charge in [-0.2, -0.15) is 0 Å². The van der Waals surface area contributed by atoms with Crippen LogP contribution >= 0.6 is 0 Å². The second-order valence-electron chi connectivity index (χ2n) is 5.25. The fraction of sp³-hybridized carbons (Fsp3) is 0.294. The maximum atomic E-state index is 12.5. The first kappa shape index (κ1) is 12.9. The quantitative estimate of drug-likeness (QED) is 0.797. The molecular weight excluding hydrogens is 250 g/mol. The number of aromatic nitrogens is 1. The van der Waals surface area contributed by atoms with Gasteiger partial charge in [0.1, 0.15) is 6.10 Å². The van der Waals surface area contributed by atoms with E-state index in [0.29, 0.717) is 0 Å². The van der Waals surface area contributed by atoms with Crippen molar-refractivity contribution in [3.05, 3.63) is 66.0 Å². The number of benzene rings is 1. The Bertz CT molecular complexity index is 591. The van der Waals surface area contributed by atoms with Gasteiger partial charge in [0, 0.05) is 6.20 Å². The van der Waals surface area contributed by atoms with Crippen LogP contribution < -0.4 is 0 Å². The molecule has 1 aromatic heterocycles. The predicted molar refractivity (Wildman–Crippen MR) is 76.1 cm³/mol. The van der Waals surface area contributed by atoms with Crippen LogP contribution in [-0.2, 0) is 14.9 Å². The van der Waals surface area contributed by atoms with Crippen molar-refractivity contribution in [3.8, 4) is 0 Å². The molecule has 1 atom stereocenters. The van der Waals surface area contributed by atoms with Crippen LogP contribution in [0.2, 0.25) is 0 Å². The smallest absolute Gasteiger partial charge is 0.317 e. The number of carbonyl (C=O) groups excluding carboxylic acids is 1. The summed E-state index contributed by atoms with van der Waals surface area (Å²) in [6.07, 6.45) is 3.13. The van der Waals surface area contributed by atoms with E-state index in [1.807, 2.05) is 55.5 Å². The van der Waals surface area contributed by atoms with Gasteiger partial charge in [0.05, 0.1) is 11.1 Å². The molecule has 0 radical (unpaired) electrons. The lowest BCUT2D eigenvalue weighted by molar-refractivity contribution is -0.152. The van der Waals surface area contributed by atoms with Crippen molar-refractivity contribution >= 4 is 5.97 Å². The van der Waals surface area contributed by atoms with Crippen LogP contribution in [0.5, 0.6) is 0 Å². The largest absolute Gasteiger partial charge is 0.455 e. The molecule has 0 saturated heterocycles. The van der Waals surface area contributed by atoms with Gasteiger partial charge in [0.25, 0.3) is 0 Å². The van der Waals surface area contributed by atoms with Crippen molar-refractivity contribution in [1.29, 1.82) is 0 Å². The normalized spacial score (nSPS) is 17.2. The van der Waals surface area contributed by atoms with Crippen LogP contribution in [-0.4, -0.2) is 11.0 Å². The van der Waals surface area contributed by atoms with E-state index >= 15 is 0 Å². The van der Waals surface area contributed by atoms with Crippen molar-refractivity contribution in [1.82, 2.24) is 4.98 Å². The lowest BCUT2D eigenvalue weighted by Crippen LogP contribution is -2.24. The van der Waals surface area contributed by atoms with Gasteiger partial charge in [0.15, 0.2) is 0 Å². The van der Waals surface area contributed by atoms with Crippen LogP contribution in [0.15, 0.2) is 54.7 Å². The fourth-order valence-corrected chi connectivity index (χ4v) is 2.44. The van der Waals surface area contributed by atoms with E-state index in [0.717, 1.165) is 24.1 Å². The molecule has 2 aromatic rings.